The molecule has 0 aliphatic heterocycles. The minimum Gasteiger partial charge on any atom is -0.493 e. The van der Waals surface area contributed by atoms with Gasteiger partial charge in [-0.25, -0.2) is 0 Å². The van der Waals surface area contributed by atoms with Gasteiger partial charge in [0.1, 0.15) is 5.75 Å². The highest BCUT2D eigenvalue weighted by atomic mass is 32.2. The summed E-state index contributed by atoms with van der Waals surface area (Å²) in [6.45, 7) is 4.65. The van der Waals surface area contributed by atoms with Gasteiger partial charge in [-0.3, -0.25) is 4.79 Å². The summed E-state index contributed by atoms with van der Waals surface area (Å²) in [6.07, 6.45) is 0. The van der Waals surface area contributed by atoms with E-state index in [1.165, 1.54) is 5.56 Å². The van der Waals surface area contributed by atoms with Gasteiger partial charge in [0, 0.05) is 11.4 Å². The Kier molecular flexibility index (Phi) is 6.34. The lowest BCUT2D eigenvalue weighted by atomic mass is 10.2. The Morgan fingerprint density at radius 3 is 2.55 bits per heavy atom. The summed E-state index contributed by atoms with van der Waals surface area (Å²) in [5.41, 5.74) is 3.17. The van der Waals surface area contributed by atoms with Crippen LogP contribution in [0.2, 0.25) is 0 Å². The number of amides is 1. The van der Waals surface area contributed by atoms with Crippen LogP contribution in [0.3, 0.4) is 0 Å². The Morgan fingerprint density at radius 1 is 1.09 bits per heavy atom. The Morgan fingerprint density at radius 2 is 1.82 bits per heavy atom. The van der Waals surface area contributed by atoms with E-state index in [0.29, 0.717) is 12.4 Å². The Bertz CT molecular complexity index is 628. The summed E-state index contributed by atoms with van der Waals surface area (Å²) in [4.78, 5) is 11.8. The van der Waals surface area contributed by atoms with Crippen molar-refractivity contribution in [1.29, 1.82) is 0 Å². The molecule has 0 saturated carbocycles. The average Bonchev–Trinajstić information content (AvgIpc) is 2.47. The van der Waals surface area contributed by atoms with Gasteiger partial charge >= 0.3 is 0 Å². The molecule has 0 bridgehead atoms. The van der Waals surface area contributed by atoms with E-state index >= 15 is 0 Å². The zero-order chi connectivity index (χ0) is 15.8. The Balaban J connectivity index is 1.63. The first kappa shape index (κ1) is 16.4. The van der Waals surface area contributed by atoms with Crippen LogP contribution in [0.15, 0.2) is 48.5 Å². The SMILES string of the molecule is Cc1cccc(NC(=O)CSCCOc2cccc(C)c2)c1. The van der Waals surface area contributed by atoms with E-state index in [-0.39, 0.29) is 5.91 Å². The molecule has 0 saturated heterocycles. The largest absolute Gasteiger partial charge is 0.493 e. The van der Waals surface area contributed by atoms with Crippen LogP contribution < -0.4 is 10.1 Å². The number of hydrogen-bond acceptors (Lipinski definition) is 3. The summed E-state index contributed by atoms with van der Waals surface area (Å²) in [6, 6.07) is 15.8. The maximum Gasteiger partial charge on any atom is 0.234 e. The second-order valence-corrected chi connectivity index (χ2v) is 6.24. The van der Waals surface area contributed by atoms with Crippen LogP contribution in [0.1, 0.15) is 11.1 Å². The molecule has 0 aromatic heterocycles. The molecule has 1 N–H and O–H groups in total. The number of aryl methyl sites for hydroxylation is 2. The highest BCUT2D eigenvalue weighted by Crippen LogP contribution is 2.13. The summed E-state index contributed by atoms with van der Waals surface area (Å²) in [7, 11) is 0. The van der Waals surface area contributed by atoms with Gasteiger partial charge in [0.05, 0.1) is 12.4 Å². The summed E-state index contributed by atoms with van der Waals surface area (Å²) < 4.78 is 5.65. The monoisotopic (exact) mass is 315 g/mol. The van der Waals surface area contributed by atoms with Gasteiger partial charge in [0.25, 0.3) is 0 Å². The first-order valence-corrected chi connectivity index (χ1v) is 8.43. The molecule has 0 unspecified atom stereocenters. The van der Waals surface area contributed by atoms with Crippen LogP contribution in [0.5, 0.6) is 5.75 Å². The van der Waals surface area contributed by atoms with E-state index in [1.807, 2.05) is 62.4 Å². The van der Waals surface area contributed by atoms with Gasteiger partial charge in [0.2, 0.25) is 5.91 Å². The van der Waals surface area contributed by atoms with Crippen molar-refractivity contribution in [2.45, 2.75) is 13.8 Å². The van der Waals surface area contributed by atoms with Gasteiger partial charge in [-0.1, -0.05) is 24.3 Å². The topological polar surface area (TPSA) is 38.3 Å². The Hall–Kier alpha value is -1.94. The zero-order valence-corrected chi connectivity index (χ0v) is 13.8. The van der Waals surface area contributed by atoms with Crippen molar-refractivity contribution in [1.82, 2.24) is 0 Å². The van der Waals surface area contributed by atoms with E-state index in [1.54, 1.807) is 11.8 Å². The van der Waals surface area contributed by atoms with Gasteiger partial charge < -0.3 is 10.1 Å². The number of rotatable bonds is 7. The molecule has 0 spiro atoms. The first-order chi connectivity index (χ1) is 10.6. The van der Waals surface area contributed by atoms with E-state index < -0.39 is 0 Å². The van der Waals surface area contributed by atoms with E-state index in [9.17, 15) is 4.79 Å². The minimum atomic E-state index is 0.0196. The molecule has 0 fully saturated rings. The molecule has 0 radical (unpaired) electrons. The lowest BCUT2D eigenvalue weighted by Gasteiger charge is -2.07. The molecule has 0 aliphatic carbocycles. The third kappa shape index (κ3) is 5.82. The molecule has 3 nitrogen and oxygen atoms in total. The van der Waals surface area contributed by atoms with Crippen LogP contribution in [0, 0.1) is 13.8 Å². The zero-order valence-electron chi connectivity index (χ0n) is 13.0. The molecule has 22 heavy (non-hydrogen) atoms. The van der Waals surface area contributed by atoms with Crippen molar-refractivity contribution < 1.29 is 9.53 Å². The number of anilines is 1. The van der Waals surface area contributed by atoms with E-state index in [2.05, 4.69) is 5.32 Å². The summed E-state index contributed by atoms with van der Waals surface area (Å²) in [5, 5.41) is 2.90. The number of thioether (sulfide) groups is 1. The molecular weight excluding hydrogens is 294 g/mol. The fourth-order valence-corrected chi connectivity index (χ4v) is 2.61. The normalized spacial score (nSPS) is 10.3. The van der Waals surface area contributed by atoms with Gasteiger partial charge in [-0.05, 0) is 49.2 Å². The lowest BCUT2D eigenvalue weighted by Crippen LogP contribution is -2.15. The van der Waals surface area contributed by atoms with Crippen molar-refractivity contribution in [2.75, 3.05) is 23.4 Å². The average molecular weight is 315 g/mol. The number of ether oxygens (including phenoxy) is 1. The smallest absolute Gasteiger partial charge is 0.234 e. The first-order valence-electron chi connectivity index (χ1n) is 7.27. The predicted molar refractivity (Wildman–Crippen MR) is 93.8 cm³/mol. The maximum absolute atomic E-state index is 11.8. The molecule has 116 valence electrons. The third-order valence-corrected chi connectivity index (χ3v) is 3.94. The highest BCUT2D eigenvalue weighted by Gasteiger charge is 2.03. The van der Waals surface area contributed by atoms with Crippen LogP contribution >= 0.6 is 11.8 Å². The van der Waals surface area contributed by atoms with E-state index in [0.717, 1.165) is 22.8 Å². The minimum absolute atomic E-state index is 0.0196. The van der Waals surface area contributed by atoms with Crippen molar-refractivity contribution in [3.05, 3.63) is 59.7 Å². The van der Waals surface area contributed by atoms with Crippen molar-refractivity contribution >= 4 is 23.4 Å². The molecule has 1 amide bonds. The molecule has 0 heterocycles. The summed E-state index contributed by atoms with van der Waals surface area (Å²) >= 11 is 1.57. The Labute approximate surface area is 136 Å². The second kappa shape index (κ2) is 8.49. The van der Waals surface area contributed by atoms with Crippen LogP contribution in [0.4, 0.5) is 5.69 Å². The van der Waals surface area contributed by atoms with Crippen LogP contribution in [-0.2, 0) is 4.79 Å². The van der Waals surface area contributed by atoms with Crippen molar-refractivity contribution in [3.8, 4) is 5.75 Å². The van der Waals surface area contributed by atoms with Gasteiger partial charge in [0.15, 0.2) is 0 Å². The van der Waals surface area contributed by atoms with Crippen molar-refractivity contribution in [3.63, 3.8) is 0 Å². The number of benzene rings is 2. The number of carbonyl (C=O) groups is 1. The van der Waals surface area contributed by atoms with E-state index in [4.69, 9.17) is 4.74 Å². The molecular formula is C18H21NO2S. The van der Waals surface area contributed by atoms with Crippen molar-refractivity contribution in [2.24, 2.45) is 0 Å². The quantitative estimate of drug-likeness (QED) is 0.783. The number of nitrogens with one attached hydrogen (secondary N) is 1. The lowest BCUT2D eigenvalue weighted by molar-refractivity contribution is -0.113. The molecule has 4 heteroatoms. The highest BCUT2D eigenvalue weighted by molar-refractivity contribution is 7.99. The molecule has 2 aromatic rings. The van der Waals surface area contributed by atoms with Gasteiger partial charge in [-0.2, -0.15) is 0 Å². The fourth-order valence-electron chi connectivity index (χ4n) is 2.01. The summed E-state index contributed by atoms with van der Waals surface area (Å²) in [5.74, 6) is 2.12. The maximum atomic E-state index is 11.8. The second-order valence-electron chi connectivity index (χ2n) is 5.14. The molecule has 2 aromatic carbocycles. The molecule has 0 atom stereocenters. The predicted octanol–water partition coefficient (Wildman–Crippen LogP) is 4.05. The van der Waals surface area contributed by atoms with Gasteiger partial charge in [-0.15, -0.1) is 11.8 Å². The standard InChI is InChI=1S/C18H21NO2S/c1-14-5-3-7-16(11-14)19-18(20)13-22-10-9-21-17-8-4-6-15(2)12-17/h3-8,11-12H,9-10,13H2,1-2H3,(H,19,20). The molecule has 2 rings (SSSR count). The fraction of sp³-hybridized carbons (Fsp3) is 0.278. The third-order valence-electron chi connectivity index (χ3n) is 3.02. The number of hydrogen-bond donors (Lipinski definition) is 1. The van der Waals surface area contributed by atoms with Crippen LogP contribution in [0.25, 0.3) is 0 Å². The number of carbonyl (C=O) groups excluding carboxylic acids is 1. The van der Waals surface area contributed by atoms with Crippen LogP contribution in [-0.4, -0.2) is 24.0 Å². The molecule has 0 aliphatic rings.